The van der Waals surface area contributed by atoms with E-state index in [1.807, 2.05) is 24.3 Å². The van der Waals surface area contributed by atoms with Gasteiger partial charge in [0.1, 0.15) is 0 Å². The van der Waals surface area contributed by atoms with Crippen molar-refractivity contribution < 1.29 is 49.2 Å². The van der Waals surface area contributed by atoms with Gasteiger partial charge in [0.05, 0.1) is 22.7 Å². The molecule has 0 aliphatic heterocycles. The summed E-state index contributed by atoms with van der Waals surface area (Å²) in [7, 11) is 0. The van der Waals surface area contributed by atoms with Gasteiger partial charge in [0.15, 0.2) is 0 Å². The van der Waals surface area contributed by atoms with E-state index in [1.54, 1.807) is 49.4 Å². The Kier molecular flexibility index (Phi) is 24.0. The molecule has 0 amide bonds. The minimum Gasteiger partial charge on any atom is -0.481 e. The lowest BCUT2D eigenvalue weighted by Gasteiger charge is -2.02. The van der Waals surface area contributed by atoms with Gasteiger partial charge in [-0.3, -0.25) is 9.59 Å². The Bertz CT molecular complexity index is 1480. The van der Waals surface area contributed by atoms with Crippen LogP contribution in [-0.4, -0.2) is 69.9 Å². The van der Waals surface area contributed by atoms with Gasteiger partial charge in [0.25, 0.3) is 0 Å². The van der Waals surface area contributed by atoms with Crippen molar-refractivity contribution in [2.75, 3.05) is 13.2 Å². The lowest BCUT2D eigenvalue weighted by atomic mass is 10.0. The Labute approximate surface area is 276 Å². The third kappa shape index (κ3) is 20.9. The van der Waals surface area contributed by atoms with Gasteiger partial charge in [-0.1, -0.05) is 30.3 Å². The molecule has 0 heterocycles. The van der Waals surface area contributed by atoms with Crippen LogP contribution in [0.1, 0.15) is 55.2 Å². The van der Waals surface area contributed by atoms with Crippen LogP contribution in [0.25, 0.3) is 0 Å². The molecule has 3 rings (SSSR count). The number of carbonyl (C=O) groups is 2. The molecule has 3 aromatic rings. The monoisotopic (exact) mass is 660 g/mol. The number of isocyanates is 4. The van der Waals surface area contributed by atoms with E-state index in [4.69, 9.17) is 20.4 Å². The predicted octanol–water partition coefficient (Wildman–Crippen LogP) is 5.61. The van der Waals surface area contributed by atoms with Crippen LogP contribution in [0.15, 0.2) is 86.7 Å². The van der Waals surface area contributed by atoms with Crippen molar-refractivity contribution in [3.05, 3.63) is 83.4 Å². The van der Waals surface area contributed by atoms with Gasteiger partial charge in [-0.25, -0.2) is 19.2 Å². The van der Waals surface area contributed by atoms with Crippen molar-refractivity contribution in [1.82, 2.24) is 0 Å². The van der Waals surface area contributed by atoms with Crippen molar-refractivity contribution in [1.29, 1.82) is 0 Å². The van der Waals surface area contributed by atoms with Gasteiger partial charge in [0.2, 0.25) is 24.3 Å². The molecular formula is C34H36N4O10. The highest BCUT2D eigenvalue weighted by Gasteiger charge is 2.01. The Hall–Kier alpha value is -5.96. The summed E-state index contributed by atoms with van der Waals surface area (Å²) in [5, 5.41) is 32.4. The molecule has 0 aliphatic rings. The Morgan fingerprint density at radius 3 is 1.21 bits per heavy atom. The van der Waals surface area contributed by atoms with E-state index < -0.39 is 11.9 Å². The molecule has 0 radical (unpaired) electrons. The van der Waals surface area contributed by atoms with E-state index in [2.05, 4.69) is 20.0 Å². The third-order valence-corrected chi connectivity index (χ3v) is 5.84. The first-order valence-electron chi connectivity index (χ1n) is 14.4. The van der Waals surface area contributed by atoms with E-state index in [-0.39, 0.29) is 26.1 Å². The zero-order chi connectivity index (χ0) is 36.0. The first kappa shape index (κ1) is 42.0. The number of carbonyl (C=O) groups excluding carboxylic acids is 4. The molecule has 0 aliphatic carbocycles. The molecule has 4 N–H and O–H groups in total. The maximum atomic E-state index is 10.1. The number of nitrogens with zero attached hydrogens (tertiary/aromatic N) is 4. The quantitative estimate of drug-likeness (QED) is 0.0947. The van der Waals surface area contributed by atoms with Crippen LogP contribution in [0.4, 0.5) is 22.7 Å². The van der Waals surface area contributed by atoms with Crippen molar-refractivity contribution in [2.45, 2.75) is 51.9 Å². The first-order chi connectivity index (χ1) is 23.1. The number of aliphatic hydroxyl groups excluding tert-OH is 2. The summed E-state index contributed by atoms with van der Waals surface area (Å²) in [4.78, 5) is 74.0. The summed E-state index contributed by atoms with van der Waals surface area (Å²) in [6.45, 7) is 2.10. The van der Waals surface area contributed by atoms with E-state index >= 15 is 0 Å². The van der Waals surface area contributed by atoms with Gasteiger partial charge >= 0.3 is 11.9 Å². The summed E-state index contributed by atoms with van der Waals surface area (Å²) in [5.74, 6) is -1.74. The second kappa shape index (κ2) is 27.4. The Morgan fingerprint density at radius 1 is 0.562 bits per heavy atom. The maximum absolute atomic E-state index is 10.1. The zero-order valence-electron chi connectivity index (χ0n) is 26.2. The molecule has 0 saturated carbocycles. The topological polar surface area (TPSA) is 233 Å². The SMILES string of the molecule is Cc1c(N=C=O)cccc1N=C=O.O=C(O)CCCCC(=O)O.O=C=Nc1ccc(Cc2ccc(N=C=O)cc2)cc1.OCCCCO. The third-order valence-electron chi connectivity index (χ3n) is 5.84. The number of hydrogen-bond donors (Lipinski definition) is 4. The van der Waals surface area contributed by atoms with Crippen LogP contribution in [0.3, 0.4) is 0 Å². The molecule has 252 valence electrons. The molecule has 14 nitrogen and oxygen atoms in total. The molecule has 0 spiro atoms. The number of aliphatic hydroxyl groups is 2. The summed E-state index contributed by atoms with van der Waals surface area (Å²) in [5.41, 5.74) is 4.99. The highest BCUT2D eigenvalue weighted by molar-refractivity contribution is 5.68. The number of rotatable bonds is 14. The van der Waals surface area contributed by atoms with Crippen LogP contribution in [-0.2, 0) is 35.2 Å². The summed E-state index contributed by atoms with van der Waals surface area (Å²) < 4.78 is 0. The number of hydrogen-bond acceptors (Lipinski definition) is 12. The van der Waals surface area contributed by atoms with Gasteiger partial charge in [-0.15, -0.1) is 0 Å². The maximum Gasteiger partial charge on any atom is 0.303 e. The van der Waals surface area contributed by atoms with Crippen molar-refractivity contribution in [3.63, 3.8) is 0 Å². The number of aliphatic carboxylic acids is 2. The summed E-state index contributed by atoms with van der Waals surface area (Å²) in [6, 6.07) is 19.7. The second-order valence-corrected chi connectivity index (χ2v) is 9.39. The van der Waals surface area contributed by atoms with Gasteiger partial charge in [-0.05, 0) is 86.6 Å². The molecule has 0 unspecified atom stereocenters. The number of aliphatic imine (C=N–C) groups is 4. The molecule has 0 atom stereocenters. The fourth-order valence-electron chi connectivity index (χ4n) is 3.45. The van der Waals surface area contributed by atoms with E-state index in [9.17, 15) is 28.8 Å². The molecular weight excluding hydrogens is 624 g/mol. The van der Waals surface area contributed by atoms with Crippen LogP contribution < -0.4 is 0 Å². The molecule has 0 bridgehead atoms. The normalized spacial score (nSPS) is 8.98. The minimum atomic E-state index is -0.870. The predicted molar refractivity (Wildman–Crippen MR) is 175 cm³/mol. The number of benzene rings is 3. The van der Waals surface area contributed by atoms with Gasteiger partial charge < -0.3 is 20.4 Å². The number of carboxylic acids is 2. The Morgan fingerprint density at radius 2 is 0.917 bits per heavy atom. The molecule has 48 heavy (non-hydrogen) atoms. The van der Waals surface area contributed by atoms with Crippen LogP contribution in [0.5, 0.6) is 0 Å². The number of unbranched alkanes of at least 4 members (excludes halogenated alkanes) is 2. The smallest absolute Gasteiger partial charge is 0.303 e. The fourth-order valence-corrected chi connectivity index (χ4v) is 3.45. The minimum absolute atomic E-state index is 0.0628. The van der Waals surface area contributed by atoms with Gasteiger partial charge in [0, 0.05) is 31.6 Å². The largest absolute Gasteiger partial charge is 0.481 e. The standard InChI is InChI=1S/C15H10N2O2.C9H6N2O2.C6H10O4.C4H10O2/c18-10-16-14-5-1-12(2-6-14)9-13-3-7-15(8-4-13)17-11-19;1-7-8(10-5-12)3-2-4-9(7)11-6-13;7-5(8)3-1-2-4-6(9)10;5-3-1-2-4-6/h1-8H,9H2;2-4H,1H3;1-4H2,(H,7,8)(H,9,10);5-6H,1-4H2. The van der Waals surface area contributed by atoms with Gasteiger partial charge in [-0.2, -0.15) is 20.0 Å². The van der Waals surface area contributed by atoms with Crippen molar-refractivity contribution in [3.8, 4) is 0 Å². The molecule has 3 aromatic carbocycles. The molecule has 14 heteroatoms. The summed E-state index contributed by atoms with van der Waals surface area (Å²) in [6.07, 6.45) is 9.08. The summed E-state index contributed by atoms with van der Waals surface area (Å²) >= 11 is 0. The molecule has 0 fully saturated rings. The Balaban J connectivity index is 0.000000666. The van der Waals surface area contributed by atoms with Crippen LogP contribution in [0, 0.1) is 6.92 Å². The average molecular weight is 661 g/mol. The van der Waals surface area contributed by atoms with E-state index in [0.29, 0.717) is 41.2 Å². The lowest BCUT2D eigenvalue weighted by Crippen LogP contribution is -1.97. The fraction of sp³-hybridized carbons (Fsp3) is 0.294. The van der Waals surface area contributed by atoms with E-state index in [1.165, 1.54) is 24.3 Å². The van der Waals surface area contributed by atoms with Crippen molar-refractivity contribution >= 4 is 59.0 Å². The lowest BCUT2D eigenvalue weighted by molar-refractivity contribution is -0.139. The first-order valence-corrected chi connectivity index (χ1v) is 14.4. The average Bonchev–Trinajstić information content (AvgIpc) is 3.07. The highest BCUT2D eigenvalue weighted by atomic mass is 16.4. The highest BCUT2D eigenvalue weighted by Crippen LogP contribution is 2.27. The zero-order valence-corrected chi connectivity index (χ0v) is 26.2. The number of carboxylic acid groups (broad SMARTS) is 2. The molecule has 0 saturated heterocycles. The van der Waals surface area contributed by atoms with Crippen molar-refractivity contribution in [2.24, 2.45) is 20.0 Å². The second-order valence-electron chi connectivity index (χ2n) is 9.39. The van der Waals surface area contributed by atoms with Crippen LogP contribution >= 0.6 is 0 Å². The van der Waals surface area contributed by atoms with E-state index in [0.717, 1.165) is 30.4 Å². The van der Waals surface area contributed by atoms with Crippen LogP contribution in [0.2, 0.25) is 0 Å². The molecule has 0 aromatic heterocycles.